The Morgan fingerprint density at radius 1 is 0.886 bits per heavy atom. The molecule has 9 nitrogen and oxygen atoms in total. The van der Waals surface area contributed by atoms with Gasteiger partial charge < -0.3 is 23.7 Å². The minimum absolute atomic E-state index is 0.0259. The van der Waals surface area contributed by atoms with E-state index < -0.39 is 42.6 Å². The second kappa shape index (κ2) is 11.2. The van der Waals surface area contributed by atoms with Crippen LogP contribution in [-0.2, 0) is 23.7 Å². The first kappa shape index (κ1) is 24.5. The van der Waals surface area contributed by atoms with E-state index >= 15 is 0 Å². The second-order valence-electron chi connectivity index (χ2n) is 7.74. The number of nitrogens with zero attached hydrogens (tertiary/aromatic N) is 2. The van der Waals surface area contributed by atoms with Crippen molar-refractivity contribution in [1.82, 2.24) is 9.55 Å². The fourth-order valence-corrected chi connectivity index (χ4v) is 3.88. The molecule has 10 heteroatoms. The number of imidazole rings is 1. The summed E-state index contributed by atoms with van der Waals surface area (Å²) in [6.07, 6.45) is -0.194. The number of thiocarbonyl (C=S) groups is 1. The molecule has 2 aromatic carbocycles. The second-order valence-corrected chi connectivity index (χ2v) is 8.08. The first-order valence-electron chi connectivity index (χ1n) is 10.9. The highest BCUT2D eigenvalue weighted by Crippen LogP contribution is 2.30. The smallest absolute Gasteiger partial charge is 0.338 e. The van der Waals surface area contributed by atoms with Crippen LogP contribution in [-0.4, -0.2) is 64.5 Å². The molecule has 0 radical (unpaired) electrons. The van der Waals surface area contributed by atoms with Gasteiger partial charge in [-0.2, -0.15) is 0 Å². The topological polar surface area (TPSA) is 98.1 Å². The molecule has 182 valence electrons. The van der Waals surface area contributed by atoms with Gasteiger partial charge in [0.05, 0.1) is 17.2 Å². The van der Waals surface area contributed by atoms with Crippen molar-refractivity contribution in [2.24, 2.45) is 0 Å². The third-order valence-electron chi connectivity index (χ3n) is 5.42. The van der Waals surface area contributed by atoms with E-state index in [2.05, 4.69) is 4.98 Å². The molecule has 1 unspecified atom stereocenters. The lowest BCUT2D eigenvalue weighted by atomic mass is 9.98. The highest BCUT2D eigenvalue weighted by atomic mass is 32.1. The van der Waals surface area contributed by atoms with Crippen LogP contribution in [0, 0.1) is 0 Å². The van der Waals surface area contributed by atoms with Gasteiger partial charge in [0.25, 0.3) is 5.17 Å². The van der Waals surface area contributed by atoms with Crippen LogP contribution < -0.4 is 0 Å². The van der Waals surface area contributed by atoms with Gasteiger partial charge >= 0.3 is 11.9 Å². The number of benzene rings is 2. The Bertz CT molecular complexity index is 1140. The van der Waals surface area contributed by atoms with Gasteiger partial charge in [-0.1, -0.05) is 36.4 Å². The Labute approximate surface area is 207 Å². The van der Waals surface area contributed by atoms with Crippen molar-refractivity contribution >= 4 is 29.3 Å². The molecule has 5 atom stereocenters. The van der Waals surface area contributed by atoms with Crippen molar-refractivity contribution in [3.05, 3.63) is 90.5 Å². The number of hydrogen-bond donors (Lipinski definition) is 0. The zero-order valence-corrected chi connectivity index (χ0v) is 19.9. The molecule has 4 rings (SSSR count). The van der Waals surface area contributed by atoms with Crippen LogP contribution >= 0.6 is 12.2 Å². The van der Waals surface area contributed by atoms with Crippen molar-refractivity contribution in [3.63, 3.8) is 0 Å². The first-order valence-corrected chi connectivity index (χ1v) is 11.3. The maximum Gasteiger partial charge on any atom is 0.338 e. The standard InChI is InChI=1S/C25H24N2O7S/c1-16-19(32-22(28)17-9-5-3-6-10-17)20(34-25(35)27-14-13-26-15-27)21(24(30-2)31-16)33-23(29)18-11-7-4-8-12-18/h3-16,19-21,24H,1-2H3/t16-,19+,20+,21-,24?/m0/s1. The van der Waals surface area contributed by atoms with E-state index in [4.69, 9.17) is 35.9 Å². The Kier molecular flexibility index (Phi) is 7.86. The zero-order chi connectivity index (χ0) is 24.8. The molecule has 0 saturated carbocycles. The fraction of sp³-hybridized carbons (Fsp3) is 0.280. The number of methoxy groups -OCH3 is 1. The van der Waals surface area contributed by atoms with E-state index in [0.717, 1.165) is 0 Å². The van der Waals surface area contributed by atoms with Crippen LogP contribution in [0.2, 0.25) is 0 Å². The van der Waals surface area contributed by atoms with Crippen molar-refractivity contribution in [2.45, 2.75) is 37.6 Å². The van der Waals surface area contributed by atoms with Crippen LogP contribution in [0.4, 0.5) is 0 Å². The predicted molar refractivity (Wildman–Crippen MR) is 128 cm³/mol. The molecule has 1 aliphatic heterocycles. The monoisotopic (exact) mass is 496 g/mol. The quantitative estimate of drug-likeness (QED) is 0.376. The van der Waals surface area contributed by atoms with Gasteiger partial charge in [0.1, 0.15) is 6.33 Å². The summed E-state index contributed by atoms with van der Waals surface area (Å²) in [7, 11) is 1.42. The van der Waals surface area contributed by atoms with E-state index in [1.807, 2.05) is 0 Å². The lowest BCUT2D eigenvalue weighted by Gasteiger charge is -2.43. The summed E-state index contributed by atoms with van der Waals surface area (Å²) < 4.78 is 30.5. The number of carbonyl (C=O) groups is 2. The Morgan fingerprint density at radius 2 is 1.46 bits per heavy atom. The number of carbonyl (C=O) groups excluding carboxylic acids is 2. The van der Waals surface area contributed by atoms with Gasteiger partial charge in [-0.3, -0.25) is 4.57 Å². The average Bonchev–Trinajstić information content (AvgIpc) is 3.43. The summed E-state index contributed by atoms with van der Waals surface area (Å²) in [5, 5.41) is 0.0259. The highest BCUT2D eigenvalue weighted by molar-refractivity contribution is 7.80. The first-order chi connectivity index (χ1) is 17.0. The molecule has 2 heterocycles. The molecule has 0 amide bonds. The van der Waals surface area contributed by atoms with E-state index in [-0.39, 0.29) is 5.17 Å². The van der Waals surface area contributed by atoms with Crippen LogP contribution in [0.1, 0.15) is 27.6 Å². The van der Waals surface area contributed by atoms with Gasteiger partial charge in [0, 0.05) is 19.5 Å². The number of aromatic nitrogens is 2. The van der Waals surface area contributed by atoms with Crippen LogP contribution in [0.15, 0.2) is 79.4 Å². The number of ether oxygens (including phenoxy) is 5. The molecule has 35 heavy (non-hydrogen) atoms. The Hall–Kier alpha value is -3.60. The number of hydrogen-bond acceptors (Lipinski definition) is 9. The molecule has 0 aliphatic carbocycles. The third-order valence-corrected chi connectivity index (χ3v) is 5.72. The molecular formula is C25H24N2O7S. The number of rotatable bonds is 6. The minimum atomic E-state index is -1.11. The number of esters is 2. The van der Waals surface area contributed by atoms with E-state index in [0.29, 0.717) is 11.1 Å². The van der Waals surface area contributed by atoms with Crippen LogP contribution in [0.5, 0.6) is 0 Å². The molecular weight excluding hydrogens is 472 g/mol. The van der Waals surface area contributed by atoms with Crippen LogP contribution in [0.3, 0.4) is 0 Å². The molecule has 0 bridgehead atoms. The highest BCUT2D eigenvalue weighted by Gasteiger charge is 2.51. The Morgan fingerprint density at radius 3 is 1.97 bits per heavy atom. The maximum atomic E-state index is 12.9. The normalized spacial score (nSPS) is 23.8. The largest absolute Gasteiger partial charge is 0.459 e. The SMILES string of the molecule is COC1O[C@@H](C)[C@@H](OC(=O)c2ccccc2)[C@@H](OC(=S)n2ccnc2)[C@@H]1OC(=O)c1ccccc1. The van der Waals surface area contributed by atoms with Gasteiger partial charge in [0.2, 0.25) is 0 Å². The van der Waals surface area contributed by atoms with Gasteiger partial charge in [-0.25, -0.2) is 14.6 Å². The fourth-order valence-electron chi connectivity index (χ4n) is 3.66. The van der Waals surface area contributed by atoms with Crippen molar-refractivity contribution in [1.29, 1.82) is 0 Å². The molecule has 3 aromatic rings. The van der Waals surface area contributed by atoms with E-state index in [1.54, 1.807) is 80.0 Å². The van der Waals surface area contributed by atoms with Crippen molar-refractivity contribution in [2.75, 3.05) is 7.11 Å². The maximum absolute atomic E-state index is 12.9. The third kappa shape index (κ3) is 5.73. The van der Waals surface area contributed by atoms with Crippen molar-refractivity contribution < 1.29 is 33.3 Å². The van der Waals surface area contributed by atoms with Crippen molar-refractivity contribution in [3.8, 4) is 0 Å². The average molecular weight is 497 g/mol. The molecule has 1 saturated heterocycles. The van der Waals surface area contributed by atoms with Gasteiger partial charge in [-0.05, 0) is 43.4 Å². The summed E-state index contributed by atoms with van der Waals surface area (Å²) in [5.41, 5.74) is 0.678. The summed E-state index contributed by atoms with van der Waals surface area (Å²) >= 11 is 5.43. The van der Waals surface area contributed by atoms with E-state index in [9.17, 15) is 9.59 Å². The Balaban J connectivity index is 1.65. The minimum Gasteiger partial charge on any atom is -0.459 e. The molecule has 0 spiro atoms. The van der Waals surface area contributed by atoms with Gasteiger partial charge in [0.15, 0.2) is 24.6 Å². The molecule has 1 fully saturated rings. The van der Waals surface area contributed by atoms with Crippen LogP contribution in [0.25, 0.3) is 0 Å². The summed E-state index contributed by atoms with van der Waals surface area (Å²) in [5.74, 6) is -1.21. The van der Waals surface area contributed by atoms with E-state index in [1.165, 1.54) is 18.0 Å². The van der Waals surface area contributed by atoms with Gasteiger partial charge in [-0.15, -0.1) is 0 Å². The lowest BCUT2D eigenvalue weighted by molar-refractivity contribution is -0.281. The summed E-state index contributed by atoms with van der Waals surface area (Å²) in [4.78, 5) is 29.8. The molecule has 1 aromatic heterocycles. The molecule has 0 N–H and O–H groups in total. The predicted octanol–water partition coefficient (Wildman–Crippen LogP) is 3.24. The molecule has 1 aliphatic rings. The zero-order valence-electron chi connectivity index (χ0n) is 19.1. The lowest BCUT2D eigenvalue weighted by Crippen LogP contribution is -2.61. The summed E-state index contributed by atoms with van der Waals surface area (Å²) in [6, 6.07) is 17.0. The summed E-state index contributed by atoms with van der Waals surface area (Å²) in [6.45, 7) is 1.71.